The predicted molar refractivity (Wildman–Crippen MR) is 66.2 cm³/mol. The number of rotatable bonds is 6. The first kappa shape index (κ1) is 12.5. The molecule has 0 spiro atoms. The van der Waals surface area contributed by atoms with Crippen molar-refractivity contribution in [2.45, 2.75) is 19.4 Å². The Bertz CT molecular complexity index is 320. The summed E-state index contributed by atoms with van der Waals surface area (Å²) in [7, 11) is 0. The molecule has 88 valence electrons. The van der Waals surface area contributed by atoms with Crippen LogP contribution in [0.25, 0.3) is 0 Å². The van der Waals surface area contributed by atoms with Gasteiger partial charge in [0.25, 0.3) is 0 Å². The Morgan fingerprint density at radius 2 is 2.00 bits per heavy atom. The second kappa shape index (κ2) is 6.85. The summed E-state index contributed by atoms with van der Waals surface area (Å²) in [6.45, 7) is 3.11. The molecule has 0 aliphatic heterocycles. The first-order valence-electron chi connectivity index (χ1n) is 5.39. The predicted octanol–water partition coefficient (Wildman–Crippen LogP) is 0.908. The van der Waals surface area contributed by atoms with Crippen molar-refractivity contribution in [2.24, 2.45) is 16.5 Å². The standard InChI is InChI=1S/C12H19N3O/c1-10(16-8-7-15-12(13)14)9-11-5-3-2-4-6-11/h2-6,10H,7-9H2,1H3,(H4,13,14,15). The van der Waals surface area contributed by atoms with E-state index in [0.717, 1.165) is 6.42 Å². The number of nitrogens with zero attached hydrogens (tertiary/aromatic N) is 1. The van der Waals surface area contributed by atoms with Gasteiger partial charge in [-0.1, -0.05) is 30.3 Å². The van der Waals surface area contributed by atoms with Gasteiger partial charge in [-0.15, -0.1) is 0 Å². The molecule has 0 fully saturated rings. The molecule has 4 N–H and O–H groups in total. The van der Waals surface area contributed by atoms with Crippen LogP contribution in [0.5, 0.6) is 0 Å². The summed E-state index contributed by atoms with van der Waals surface area (Å²) in [5.74, 6) is 0.110. The first-order chi connectivity index (χ1) is 7.68. The summed E-state index contributed by atoms with van der Waals surface area (Å²) in [4.78, 5) is 3.85. The van der Waals surface area contributed by atoms with E-state index in [9.17, 15) is 0 Å². The number of guanidine groups is 1. The Kier molecular flexibility index (Phi) is 5.36. The lowest BCUT2D eigenvalue weighted by molar-refractivity contribution is 0.0725. The van der Waals surface area contributed by atoms with E-state index < -0.39 is 0 Å². The molecule has 0 aliphatic carbocycles. The van der Waals surface area contributed by atoms with Crippen LogP contribution in [0.4, 0.5) is 0 Å². The molecule has 1 aromatic rings. The fourth-order valence-electron chi connectivity index (χ4n) is 1.43. The van der Waals surface area contributed by atoms with E-state index >= 15 is 0 Å². The molecule has 4 heteroatoms. The quantitative estimate of drug-likeness (QED) is 0.426. The van der Waals surface area contributed by atoms with Crippen molar-refractivity contribution in [3.63, 3.8) is 0 Å². The zero-order valence-corrected chi connectivity index (χ0v) is 9.60. The molecule has 0 saturated heterocycles. The molecular weight excluding hydrogens is 202 g/mol. The molecule has 0 saturated carbocycles. The molecule has 1 rings (SSSR count). The van der Waals surface area contributed by atoms with E-state index in [1.54, 1.807) is 0 Å². The highest BCUT2D eigenvalue weighted by Gasteiger charge is 2.02. The maximum atomic E-state index is 5.58. The monoisotopic (exact) mass is 221 g/mol. The third kappa shape index (κ3) is 5.36. The van der Waals surface area contributed by atoms with Crippen LogP contribution < -0.4 is 11.5 Å². The summed E-state index contributed by atoms with van der Waals surface area (Å²) in [6.07, 6.45) is 1.08. The average Bonchev–Trinajstić information content (AvgIpc) is 2.25. The van der Waals surface area contributed by atoms with Gasteiger partial charge in [-0.2, -0.15) is 0 Å². The zero-order valence-electron chi connectivity index (χ0n) is 9.60. The Morgan fingerprint density at radius 1 is 1.31 bits per heavy atom. The summed E-state index contributed by atoms with van der Waals surface area (Å²) in [6, 6.07) is 10.3. The van der Waals surface area contributed by atoms with E-state index in [2.05, 4.69) is 17.1 Å². The van der Waals surface area contributed by atoms with Gasteiger partial charge >= 0.3 is 0 Å². The van der Waals surface area contributed by atoms with E-state index in [1.165, 1.54) is 5.56 Å². The minimum Gasteiger partial charge on any atom is -0.376 e. The largest absolute Gasteiger partial charge is 0.376 e. The minimum atomic E-state index is 0.110. The molecule has 0 aromatic heterocycles. The van der Waals surface area contributed by atoms with Gasteiger partial charge in [-0.3, -0.25) is 4.99 Å². The highest BCUT2D eigenvalue weighted by molar-refractivity contribution is 5.75. The Morgan fingerprint density at radius 3 is 2.62 bits per heavy atom. The van der Waals surface area contributed by atoms with Gasteiger partial charge in [0, 0.05) is 0 Å². The van der Waals surface area contributed by atoms with Crippen molar-refractivity contribution in [2.75, 3.05) is 13.2 Å². The van der Waals surface area contributed by atoms with Crippen LogP contribution in [0.1, 0.15) is 12.5 Å². The molecule has 1 aromatic carbocycles. The molecule has 0 heterocycles. The van der Waals surface area contributed by atoms with Crippen molar-refractivity contribution >= 4 is 5.96 Å². The molecule has 0 amide bonds. The number of hydrogen-bond acceptors (Lipinski definition) is 2. The summed E-state index contributed by atoms with van der Waals surface area (Å²) >= 11 is 0. The summed E-state index contributed by atoms with van der Waals surface area (Å²) in [5.41, 5.74) is 11.7. The van der Waals surface area contributed by atoms with E-state index in [4.69, 9.17) is 16.2 Å². The smallest absolute Gasteiger partial charge is 0.185 e. The second-order valence-corrected chi connectivity index (χ2v) is 3.68. The van der Waals surface area contributed by atoms with Crippen LogP contribution in [0.15, 0.2) is 35.3 Å². The van der Waals surface area contributed by atoms with Crippen LogP contribution in [0.3, 0.4) is 0 Å². The number of nitrogens with two attached hydrogens (primary N) is 2. The minimum absolute atomic E-state index is 0.110. The molecule has 16 heavy (non-hydrogen) atoms. The van der Waals surface area contributed by atoms with Crippen LogP contribution in [0.2, 0.25) is 0 Å². The first-order valence-corrected chi connectivity index (χ1v) is 5.39. The van der Waals surface area contributed by atoms with E-state index in [-0.39, 0.29) is 12.1 Å². The Labute approximate surface area is 96.3 Å². The van der Waals surface area contributed by atoms with Crippen molar-refractivity contribution in [3.8, 4) is 0 Å². The maximum absolute atomic E-state index is 5.58. The highest BCUT2D eigenvalue weighted by Crippen LogP contribution is 2.05. The lowest BCUT2D eigenvalue weighted by Gasteiger charge is -2.12. The van der Waals surface area contributed by atoms with Gasteiger partial charge in [-0.05, 0) is 18.9 Å². The zero-order chi connectivity index (χ0) is 11.8. The van der Waals surface area contributed by atoms with Gasteiger partial charge in [0.05, 0.1) is 19.3 Å². The molecule has 0 bridgehead atoms. The third-order valence-corrected chi connectivity index (χ3v) is 2.15. The number of aliphatic imine (C=N–C) groups is 1. The highest BCUT2D eigenvalue weighted by atomic mass is 16.5. The Hall–Kier alpha value is -1.55. The van der Waals surface area contributed by atoms with Gasteiger partial charge in [0.2, 0.25) is 0 Å². The number of benzene rings is 1. The fourth-order valence-corrected chi connectivity index (χ4v) is 1.43. The van der Waals surface area contributed by atoms with Gasteiger partial charge in [0.15, 0.2) is 5.96 Å². The van der Waals surface area contributed by atoms with Gasteiger partial charge < -0.3 is 16.2 Å². The lowest BCUT2D eigenvalue weighted by Crippen LogP contribution is -2.24. The van der Waals surface area contributed by atoms with Crippen molar-refractivity contribution in [1.82, 2.24) is 0 Å². The van der Waals surface area contributed by atoms with Crippen LogP contribution in [-0.4, -0.2) is 25.2 Å². The van der Waals surface area contributed by atoms with E-state index in [1.807, 2.05) is 25.1 Å². The SMILES string of the molecule is CC(Cc1ccccc1)OCCN=C(N)N. The average molecular weight is 221 g/mol. The Balaban J connectivity index is 2.21. The molecule has 1 unspecified atom stereocenters. The second-order valence-electron chi connectivity index (χ2n) is 3.68. The fraction of sp³-hybridized carbons (Fsp3) is 0.417. The maximum Gasteiger partial charge on any atom is 0.185 e. The molecule has 0 aliphatic rings. The summed E-state index contributed by atoms with van der Waals surface area (Å²) < 4.78 is 5.58. The number of hydrogen-bond donors (Lipinski definition) is 2. The third-order valence-electron chi connectivity index (χ3n) is 2.15. The van der Waals surface area contributed by atoms with Crippen LogP contribution in [-0.2, 0) is 11.2 Å². The molecule has 4 nitrogen and oxygen atoms in total. The number of ether oxygens (including phenoxy) is 1. The molecule has 1 atom stereocenters. The summed E-state index contributed by atoms with van der Waals surface area (Å²) in [5, 5.41) is 0. The molecular formula is C12H19N3O. The van der Waals surface area contributed by atoms with Gasteiger partial charge in [0.1, 0.15) is 0 Å². The van der Waals surface area contributed by atoms with Crippen molar-refractivity contribution in [1.29, 1.82) is 0 Å². The van der Waals surface area contributed by atoms with E-state index in [0.29, 0.717) is 13.2 Å². The normalized spacial score (nSPS) is 12.1. The lowest BCUT2D eigenvalue weighted by atomic mass is 10.1. The van der Waals surface area contributed by atoms with Crippen molar-refractivity contribution in [3.05, 3.63) is 35.9 Å². The van der Waals surface area contributed by atoms with Crippen LogP contribution >= 0.6 is 0 Å². The van der Waals surface area contributed by atoms with Gasteiger partial charge in [-0.25, -0.2) is 0 Å². The van der Waals surface area contributed by atoms with Crippen LogP contribution in [0, 0.1) is 0 Å². The van der Waals surface area contributed by atoms with Crippen molar-refractivity contribution < 1.29 is 4.74 Å². The topological polar surface area (TPSA) is 73.6 Å². The molecule has 0 radical (unpaired) electrons.